The SMILES string of the molecule is CCC1CCCC(N)(Cc2ccc(I)cc2)C1. The minimum atomic E-state index is 0.0473. The maximum absolute atomic E-state index is 6.59. The molecule has 94 valence electrons. The normalized spacial score (nSPS) is 29.2. The Balaban J connectivity index is 2.03. The van der Waals surface area contributed by atoms with Crippen molar-refractivity contribution in [1.29, 1.82) is 0 Å². The molecule has 2 N–H and O–H groups in total. The van der Waals surface area contributed by atoms with Crippen LogP contribution < -0.4 is 5.73 Å². The van der Waals surface area contributed by atoms with Gasteiger partial charge in [0.15, 0.2) is 0 Å². The molecule has 0 spiro atoms. The fourth-order valence-electron chi connectivity index (χ4n) is 3.04. The first-order valence-electron chi connectivity index (χ1n) is 6.65. The zero-order valence-electron chi connectivity index (χ0n) is 10.6. The van der Waals surface area contributed by atoms with Crippen LogP contribution in [0, 0.1) is 9.49 Å². The standard InChI is InChI=1S/C15H22IN/c1-2-12-4-3-9-15(17,10-12)11-13-5-7-14(16)8-6-13/h5-8,12H,2-4,9-11,17H2,1H3. The first-order valence-corrected chi connectivity index (χ1v) is 7.72. The second kappa shape index (κ2) is 5.70. The first-order chi connectivity index (χ1) is 8.11. The fraction of sp³-hybridized carbons (Fsp3) is 0.600. The van der Waals surface area contributed by atoms with Crippen LogP contribution in [0.4, 0.5) is 0 Å². The monoisotopic (exact) mass is 343 g/mol. The molecule has 0 saturated heterocycles. The number of benzene rings is 1. The summed E-state index contributed by atoms with van der Waals surface area (Å²) in [4.78, 5) is 0. The van der Waals surface area contributed by atoms with Crippen LogP contribution >= 0.6 is 22.6 Å². The van der Waals surface area contributed by atoms with E-state index >= 15 is 0 Å². The molecule has 0 heterocycles. The minimum absolute atomic E-state index is 0.0473. The lowest BCUT2D eigenvalue weighted by Crippen LogP contribution is -2.46. The van der Waals surface area contributed by atoms with Gasteiger partial charge in [0.1, 0.15) is 0 Å². The van der Waals surface area contributed by atoms with Crippen LogP contribution in [-0.2, 0) is 6.42 Å². The lowest BCUT2D eigenvalue weighted by Gasteiger charge is -2.38. The minimum Gasteiger partial charge on any atom is -0.325 e. The molecule has 0 aromatic heterocycles. The molecule has 2 atom stereocenters. The second-order valence-electron chi connectivity index (χ2n) is 5.54. The number of nitrogens with two attached hydrogens (primary N) is 1. The summed E-state index contributed by atoms with van der Waals surface area (Å²) < 4.78 is 1.30. The Kier molecular flexibility index (Phi) is 4.47. The molecule has 1 nitrogen and oxygen atoms in total. The Hall–Kier alpha value is -0.0900. The van der Waals surface area contributed by atoms with Crippen molar-refractivity contribution in [2.45, 2.75) is 51.0 Å². The van der Waals surface area contributed by atoms with Crippen LogP contribution in [-0.4, -0.2) is 5.54 Å². The molecule has 0 radical (unpaired) electrons. The molecule has 1 saturated carbocycles. The van der Waals surface area contributed by atoms with Gasteiger partial charge in [0.25, 0.3) is 0 Å². The highest BCUT2D eigenvalue weighted by atomic mass is 127. The largest absolute Gasteiger partial charge is 0.325 e. The molecule has 0 bridgehead atoms. The van der Waals surface area contributed by atoms with Gasteiger partial charge in [-0.2, -0.15) is 0 Å². The van der Waals surface area contributed by atoms with E-state index in [4.69, 9.17) is 5.73 Å². The lowest BCUT2D eigenvalue weighted by molar-refractivity contribution is 0.218. The number of hydrogen-bond donors (Lipinski definition) is 1. The molecular formula is C15H22IN. The average Bonchev–Trinajstić information content (AvgIpc) is 2.32. The van der Waals surface area contributed by atoms with E-state index in [2.05, 4.69) is 53.8 Å². The van der Waals surface area contributed by atoms with Crippen LogP contribution in [0.15, 0.2) is 24.3 Å². The van der Waals surface area contributed by atoms with Gasteiger partial charge in [-0.05, 0) is 65.5 Å². The van der Waals surface area contributed by atoms with E-state index in [1.165, 1.54) is 41.2 Å². The number of rotatable bonds is 3. The van der Waals surface area contributed by atoms with Crippen molar-refractivity contribution in [1.82, 2.24) is 0 Å². The predicted molar refractivity (Wildman–Crippen MR) is 82.0 cm³/mol. The zero-order chi connectivity index (χ0) is 12.3. The zero-order valence-corrected chi connectivity index (χ0v) is 12.7. The Bertz CT molecular complexity index is 360. The third kappa shape index (κ3) is 3.68. The van der Waals surface area contributed by atoms with Crippen molar-refractivity contribution in [3.05, 3.63) is 33.4 Å². The summed E-state index contributed by atoms with van der Waals surface area (Å²) in [7, 11) is 0. The number of hydrogen-bond acceptors (Lipinski definition) is 1. The topological polar surface area (TPSA) is 26.0 Å². The van der Waals surface area contributed by atoms with Gasteiger partial charge in [-0.1, -0.05) is 38.3 Å². The summed E-state index contributed by atoms with van der Waals surface area (Å²) in [6.07, 6.45) is 7.40. The molecule has 2 unspecified atom stereocenters. The molecule has 2 rings (SSSR count). The van der Waals surface area contributed by atoms with E-state index in [-0.39, 0.29) is 5.54 Å². The third-order valence-electron chi connectivity index (χ3n) is 4.03. The Labute approximate surface area is 118 Å². The van der Waals surface area contributed by atoms with Crippen molar-refractivity contribution < 1.29 is 0 Å². The molecule has 1 aromatic rings. The van der Waals surface area contributed by atoms with Gasteiger partial charge < -0.3 is 5.73 Å². The summed E-state index contributed by atoms with van der Waals surface area (Å²) in [5.74, 6) is 0.845. The van der Waals surface area contributed by atoms with Crippen LogP contribution in [0.3, 0.4) is 0 Å². The highest BCUT2D eigenvalue weighted by Crippen LogP contribution is 2.34. The van der Waals surface area contributed by atoms with Crippen molar-refractivity contribution in [2.75, 3.05) is 0 Å². The van der Waals surface area contributed by atoms with Gasteiger partial charge in [0.05, 0.1) is 0 Å². The van der Waals surface area contributed by atoms with Crippen molar-refractivity contribution >= 4 is 22.6 Å². The first kappa shape index (κ1) is 13.3. The van der Waals surface area contributed by atoms with Gasteiger partial charge in [-0.25, -0.2) is 0 Å². The predicted octanol–water partition coefficient (Wildman–Crippen LogP) is 4.13. The molecule has 1 aliphatic rings. The molecule has 0 aliphatic heterocycles. The van der Waals surface area contributed by atoms with Gasteiger partial charge in [0.2, 0.25) is 0 Å². The second-order valence-corrected chi connectivity index (χ2v) is 6.78. The maximum atomic E-state index is 6.59. The van der Waals surface area contributed by atoms with Crippen LogP contribution in [0.2, 0.25) is 0 Å². The number of halogens is 1. The van der Waals surface area contributed by atoms with E-state index < -0.39 is 0 Å². The molecule has 1 fully saturated rings. The van der Waals surface area contributed by atoms with Crippen LogP contribution in [0.5, 0.6) is 0 Å². The Morgan fingerprint density at radius 2 is 2.06 bits per heavy atom. The van der Waals surface area contributed by atoms with E-state index in [0.29, 0.717) is 0 Å². The van der Waals surface area contributed by atoms with Gasteiger partial charge in [-0.15, -0.1) is 0 Å². The lowest BCUT2D eigenvalue weighted by atomic mass is 9.72. The maximum Gasteiger partial charge on any atom is 0.0197 e. The van der Waals surface area contributed by atoms with Crippen molar-refractivity contribution in [2.24, 2.45) is 11.7 Å². The third-order valence-corrected chi connectivity index (χ3v) is 4.75. The van der Waals surface area contributed by atoms with Gasteiger partial charge >= 0.3 is 0 Å². The van der Waals surface area contributed by atoms with Crippen LogP contribution in [0.25, 0.3) is 0 Å². The molecule has 1 aromatic carbocycles. The summed E-state index contributed by atoms with van der Waals surface area (Å²) in [5, 5.41) is 0. The highest BCUT2D eigenvalue weighted by Gasteiger charge is 2.31. The molecule has 0 amide bonds. The quantitative estimate of drug-likeness (QED) is 0.821. The summed E-state index contributed by atoms with van der Waals surface area (Å²) in [6.45, 7) is 2.29. The van der Waals surface area contributed by atoms with Crippen LogP contribution in [0.1, 0.15) is 44.6 Å². The van der Waals surface area contributed by atoms with Crippen molar-refractivity contribution in [3.8, 4) is 0 Å². The van der Waals surface area contributed by atoms with E-state index in [0.717, 1.165) is 12.3 Å². The van der Waals surface area contributed by atoms with Crippen molar-refractivity contribution in [3.63, 3.8) is 0 Å². The Morgan fingerprint density at radius 1 is 1.35 bits per heavy atom. The Morgan fingerprint density at radius 3 is 2.71 bits per heavy atom. The molecule has 1 aliphatic carbocycles. The summed E-state index contributed by atoms with van der Waals surface area (Å²) in [6, 6.07) is 8.82. The summed E-state index contributed by atoms with van der Waals surface area (Å²) >= 11 is 2.35. The molecular weight excluding hydrogens is 321 g/mol. The molecule has 2 heteroatoms. The van der Waals surface area contributed by atoms with Gasteiger partial charge in [0, 0.05) is 9.11 Å². The molecule has 17 heavy (non-hydrogen) atoms. The van der Waals surface area contributed by atoms with E-state index in [9.17, 15) is 0 Å². The van der Waals surface area contributed by atoms with E-state index in [1.54, 1.807) is 0 Å². The van der Waals surface area contributed by atoms with E-state index in [1.807, 2.05) is 0 Å². The average molecular weight is 343 g/mol. The smallest absolute Gasteiger partial charge is 0.0197 e. The fourth-order valence-corrected chi connectivity index (χ4v) is 3.40. The summed E-state index contributed by atoms with van der Waals surface area (Å²) in [5.41, 5.74) is 8.03. The highest BCUT2D eigenvalue weighted by molar-refractivity contribution is 14.1. The van der Waals surface area contributed by atoms with Gasteiger partial charge in [-0.3, -0.25) is 0 Å².